The van der Waals surface area contributed by atoms with Crippen molar-refractivity contribution in [1.29, 1.82) is 0 Å². The summed E-state index contributed by atoms with van der Waals surface area (Å²) in [6, 6.07) is 0. The van der Waals surface area contributed by atoms with Crippen molar-refractivity contribution in [2.24, 2.45) is 0 Å². The minimum atomic E-state index is -4.98. The Morgan fingerprint density at radius 2 is 0.481 bits per heavy atom. The van der Waals surface area contributed by atoms with E-state index in [0.29, 0.717) is 32.1 Å². The van der Waals surface area contributed by atoms with E-state index in [1.54, 1.807) is 0 Å². The molecular formula is C85H154O17P2. The Bertz CT molecular complexity index is 2250. The fourth-order valence-corrected chi connectivity index (χ4v) is 13.3. The summed E-state index contributed by atoms with van der Waals surface area (Å²) in [6.07, 6.45) is 80.1. The van der Waals surface area contributed by atoms with Gasteiger partial charge < -0.3 is 33.8 Å². The molecular weight excluding hydrogens is 1350 g/mol. The number of rotatable bonds is 80. The van der Waals surface area contributed by atoms with E-state index in [2.05, 4.69) is 88.5 Å². The average Bonchev–Trinajstić information content (AvgIpc) is 0.909. The summed E-state index contributed by atoms with van der Waals surface area (Å²) in [5.41, 5.74) is 0. The van der Waals surface area contributed by atoms with Gasteiger partial charge in [-0.05, 0) is 96.3 Å². The number of hydrogen-bond acceptors (Lipinski definition) is 15. The zero-order valence-corrected chi connectivity index (χ0v) is 68.2. The van der Waals surface area contributed by atoms with Gasteiger partial charge in [-0.25, -0.2) is 9.13 Å². The van der Waals surface area contributed by atoms with Crippen LogP contribution in [-0.4, -0.2) is 96.7 Å². The number of esters is 4. The number of aliphatic hydroxyl groups is 1. The molecule has 0 rings (SSSR count). The number of hydrogen-bond donors (Lipinski definition) is 3. The van der Waals surface area contributed by atoms with Gasteiger partial charge >= 0.3 is 39.5 Å². The maximum Gasteiger partial charge on any atom is 0.472 e. The van der Waals surface area contributed by atoms with Crippen molar-refractivity contribution >= 4 is 39.5 Å². The van der Waals surface area contributed by atoms with Crippen molar-refractivity contribution < 1.29 is 80.2 Å². The Morgan fingerprint density at radius 1 is 0.269 bits per heavy atom. The fraction of sp³-hybridized carbons (Fsp3) is 0.812. The molecule has 0 aromatic carbocycles. The predicted octanol–water partition coefficient (Wildman–Crippen LogP) is 24.8. The first kappa shape index (κ1) is 100. The Kier molecular flexibility index (Phi) is 75.0. The van der Waals surface area contributed by atoms with Gasteiger partial charge in [-0.2, -0.15) is 0 Å². The molecule has 0 fully saturated rings. The first-order chi connectivity index (χ1) is 50.7. The summed E-state index contributed by atoms with van der Waals surface area (Å²) in [5, 5.41) is 10.7. The summed E-state index contributed by atoms with van der Waals surface area (Å²) in [5.74, 6) is -2.22. The van der Waals surface area contributed by atoms with E-state index in [-0.39, 0.29) is 25.7 Å². The van der Waals surface area contributed by atoms with Crippen LogP contribution < -0.4 is 0 Å². The molecule has 5 atom stereocenters. The lowest BCUT2D eigenvalue weighted by Crippen LogP contribution is -2.30. The van der Waals surface area contributed by atoms with E-state index in [9.17, 15) is 43.2 Å². The molecule has 3 N–H and O–H groups in total. The highest BCUT2D eigenvalue weighted by Gasteiger charge is 2.30. The molecule has 17 nitrogen and oxygen atoms in total. The first-order valence-corrected chi connectivity index (χ1v) is 45.2. The van der Waals surface area contributed by atoms with Crippen LogP contribution in [0.3, 0.4) is 0 Å². The number of unbranched alkanes of at least 4 members (excludes halogenated alkanes) is 42. The van der Waals surface area contributed by atoms with Gasteiger partial charge in [0.05, 0.1) is 26.4 Å². The van der Waals surface area contributed by atoms with Crippen molar-refractivity contribution in [3.63, 3.8) is 0 Å². The molecule has 0 aliphatic carbocycles. The summed E-state index contributed by atoms with van der Waals surface area (Å²) >= 11 is 0. The third kappa shape index (κ3) is 76.7. The van der Waals surface area contributed by atoms with E-state index < -0.39 is 97.5 Å². The highest BCUT2D eigenvalue weighted by molar-refractivity contribution is 7.47. The maximum atomic E-state index is 13.1. The lowest BCUT2D eigenvalue weighted by molar-refractivity contribution is -0.161. The summed E-state index contributed by atoms with van der Waals surface area (Å²) in [4.78, 5) is 73.1. The van der Waals surface area contributed by atoms with Crippen LogP contribution in [0.2, 0.25) is 0 Å². The van der Waals surface area contributed by atoms with Gasteiger partial charge in [0.1, 0.15) is 19.3 Å². The van der Waals surface area contributed by atoms with Crippen molar-refractivity contribution in [2.45, 2.75) is 406 Å². The zero-order chi connectivity index (χ0) is 76.0. The van der Waals surface area contributed by atoms with Crippen LogP contribution in [0.4, 0.5) is 0 Å². The minimum Gasteiger partial charge on any atom is -0.462 e. The molecule has 0 spiro atoms. The summed E-state index contributed by atoms with van der Waals surface area (Å²) in [6.45, 7) is 4.84. The van der Waals surface area contributed by atoms with Crippen LogP contribution in [0.5, 0.6) is 0 Å². The molecule has 0 bridgehead atoms. The van der Waals surface area contributed by atoms with E-state index >= 15 is 0 Å². The zero-order valence-electron chi connectivity index (χ0n) is 66.5. The lowest BCUT2D eigenvalue weighted by Gasteiger charge is -2.21. The molecule has 606 valence electrons. The third-order valence-electron chi connectivity index (χ3n) is 18.2. The van der Waals surface area contributed by atoms with Crippen LogP contribution in [0.1, 0.15) is 387 Å². The van der Waals surface area contributed by atoms with Crippen LogP contribution >= 0.6 is 15.6 Å². The largest absolute Gasteiger partial charge is 0.472 e. The van der Waals surface area contributed by atoms with Crippen molar-refractivity contribution in [3.05, 3.63) is 72.9 Å². The Hall–Kier alpha value is -3.50. The molecule has 0 aliphatic heterocycles. The van der Waals surface area contributed by atoms with Gasteiger partial charge in [0.25, 0.3) is 0 Å². The molecule has 0 heterocycles. The second-order valence-corrected chi connectivity index (χ2v) is 31.3. The number of phosphoric acid groups is 2. The molecule has 0 saturated heterocycles. The molecule has 2 unspecified atom stereocenters. The average molecular weight is 1510 g/mol. The molecule has 19 heteroatoms. The van der Waals surface area contributed by atoms with Gasteiger partial charge in [0.2, 0.25) is 0 Å². The molecule has 104 heavy (non-hydrogen) atoms. The normalized spacial score (nSPS) is 14.2. The van der Waals surface area contributed by atoms with Crippen molar-refractivity contribution in [2.75, 3.05) is 39.6 Å². The highest BCUT2D eigenvalue weighted by Crippen LogP contribution is 2.45. The molecule has 0 saturated carbocycles. The van der Waals surface area contributed by atoms with E-state index in [0.717, 1.165) is 122 Å². The van der Waals surface area contributed by atoms with Crippen molar-refractivity contribution in [1.82, 2.24) is 0 Å². The second kappa shape index (κ2) is 77.7. The highest BCUT2D eigenvalue weighted by atomic mass is 31.2. The van der Waals surface area contributed by atoms with Crippen LogP contribution in [0, 0.1) is 0 Å². The van der Waals surface area contributed by atoms with E-state index in [1.807, 2.05) is 12.2 Å². The lowest BCUT2D eigenvalue weighted by atomic mass is 10.0. The smallest absolute Gasteiger partial charge is 0.462 e. The number of carbonyl (C=O) groups excluding carboxylic acids is 4. The van der Waals surface area contributed by atoms with Gasteiger partial charge in [-0.1, -0.05) is 338 Å². The molecule has 0 aliphatic rings. The van der Waals surface area contributed by atoms with Gasteiger partial charge in [0.15, 0.2) is 12.2 Å². The predicted molar refractivity (Wildman–Crippen MR) is 427 cm³/mol. The number of phosphoric ester groups is 2. The van der Waals surface area contributed by atoms with Crippen LogP contribution in [-0.2, 0) is 65.4 Å². The number of ether oxygens (including phenoxy) is 4. The Balaban J connectivity index is 5.38. The summed E-state index contributed by atoms with van der Waals surface area (Å²) in [7, 11) is -9.96. The quantitative estimate of drug-likeness (QED) is 0.0169. The summed E-state index contributed by atoms with van der Waals surface area (Å²) < 4.78 is 68.7. The van der Waals surface area contributed by atoms with Gasteiger partial charge in [-0.15, -0.1) is 0 Å². The maximum absolute atomic E-state index is 13.1. The topological polar surface area (TPSA) is 237 Å². The van der Waals surface area contributed by atoms with Crippen LogP contribution in [0.25, 0.3) is 0 Å². The number of allylic oxidation sites excluding steroid dienone is 12. The number of carbonyl (C=O) groups is 4. The number of aliphatic hydroxyl groups excluding tert-OH is 1. The third-order valence-corrected chi connectivity index (χ3v) is 20.1. The monoisotopic (exact) mass is 1510 g/mol. The first-order valence-electron chi connectivity index (χ1n) is 42.2. The van der Waals surface area contributed by atoms with Crippen LogP contribution in [0.15, 0.2) is 72.9 Å². The van der Waals surface area contributed by atoms with Gasteiger partial charge in [0, 0.05) is 25.7 Å². The minimum absolute atomic E-state index is 0.0891. The molecule has 0 aromatic rings. The second-order valence-electron chi connectivity index (χ2n) is 28.4. The fourth-order valence-electron chi connectivity index (χ4n) is 11.7. The Labute approximate surface area is 634 Å². The SMILES string of the molecule is CCCCC/C=C\C/C=C\C/C=C\C/C=C\CCCC(=O)OC[C@H](COP(=O)(O)OC[C@@H](O)COP(=O)(O)OC[C@@H](COC(=O)CCCCCCC/C=C\C/C=C\CCCCC)OC(=O)CCCCCCCCCCCCCCCCCCC)OC(=O)CCCCCCCCCCCCCCCCC. The molecule has 0 amide bonds. The molecule has 0 radical (unpaired) electrons. The van der Waals surface area contributed by atoms with Gasteiger partial charge in [-0.3, -0.25) is 37.3 Å². The van der Waals surface area contributed by atoms with Crippen molar-refractivity contribution in [3.8, 4) is 0 Å². The molecule has 0 aromatic heterocycles. The van der Waals surface area contributed by atoms with E-state index in [1.165, 1.54) is 180 Å². The Morgan fingerprint density at radius 3 is 0.779 bits per heavy atom. The standard InChI is InChI=1S/C85H154O17P2/c1-5-9-13-17-21-25-29-33-37-39-43-46-50-54-58-62-66-70-83(88)96-76-80(101-84(89)71-67-63-59-55-51-47-42-36-32-28-24-20-16-12-8-4)77-99-103(91,92)97-73-79(86)74-98-104(93,94)100-78-81(75-95-82(87)69-65-61-57-53-49-45-41-35-31-27-23-19-15-11-7-3)102-85(90)72-68-64-60-56-52-48-44-40-38-34-30-26-22-18-14-10-6-2/h21,23,25,27,33,35,37,41,43,46,54,58,79-81,86H,5-20,22,24,26,28-32,34,36,38-40,42,44-45,47-53,55-57,59-78H2,1-4H3,(H,91,92)(H,93,94)/b25-21-,27-23-,37-33-,41-35-,46-43-,58-54-/t79-,80-,81-/m1/s1. The van der Waals surface area contributed by atoms with E-state index in [4.69, 9.17) is 37.0 Å².